The van der Waals surface area contributed by atoms with Crippen LogP contribution in [0.25, 0.3) is 0 Å². The summed E-state index contributed by atoms with van der Waals surface area (Å²) in [6.07, 6.45) is 0.704. The topological polar surface area (TPSA) is 59.0 Å². The van der Waals surface area contributed by atoms with Crippen LogP contribution in [0.1, 0.15) is 27.9 Å². The first-order valence-corrected chi connectivity index (χ1v) is 9.56. The van der Waals surface area contributed by atoms with E-state index < -0.39 is 5.82 Å². The van der Waals surface area contributed by atoms with Crippen molar-refractivity contribution in [1.82, 2.24) is 5.01 Å². The molecule has 1 aliphatic rings. The lowest BCUT2D eigenvalue weighted by molar-refractivity contribution is -0.132. The Kier molecular flexibility index (Phi) is 5.66. The number of nitrogens with zero attached hydrogens (tertiary/aromatic N) is 2. The van der Waals surface area contributed by atoms with Gasteiger partial charge >= 0.3 is 0 Å². The van der Waals surface area contributed by atoms with Gasteiger partial charge in [-0.25, -0.2) is 9.40 Å². The van der Waals surface area contributed by atoms with Gasteiger partial charge < -0.3 is 4.74 Å². The molecule has 6 heteroatoms. The number of halogens is 1. The molecule has 0 aliphatic carbocycles. The predicted octanol–water partition coefficient (Wildman–Crippen LogP) is 4.07. The molecule has 4 rings (SSSR count). The second kappa shape index (κ2) is 8.69. The number of benzene rings is 3. The van der Waals surface area contributed by atoms with Crippen LogP contribution in [-0.2, 0) is 4.79 Å². The van der Waals surface area contributed by atoms with Crippen LogP contribution in [0.2, 0.25) is 0 Å². The maximum Gasteiger partial charge on any atom is 0.280 e. The quantitative estimate of drug-likeness (QED) is 0.584. The Balaban J connectivity index is 1.34. The Morgan fingerprint density at radius 1 is 0.900 bits per heavy atom. The fraction of sp³-hybridized carbons (Fsp3) is 0.125. The van der Waals surface area contributed by atoms with Crippen molar-refractivity contribution in [1.29, 1.82) is 0 Å². The molecule has 3 aromatic rings. The van der Waals surface area contributed by atoms with E-state index in [0.717, 1.165) is 11.3 Å². The monoisotopic (exact) mass is 402 g/mol. The van der Waals surface area contributed by atoms with E-state index in [1.54, 1.807) is 24.3 Å². The molecule has 0 bridgehead atoms. The normalized spacial score (nSPS) is 13.1. The van der Waals surface area contributed by atoms with Crippen LogP contribution in [0.15, 0.2) is 84.0 Å². The summed E-state index contributed by atoms with van der Waals surface area (Å²) in [5, 5.41) is 5.82. The third-order valence-corrected chi connectivity index (χ3v) is 4.78. The van der Waals surface area contributed by atoms with Crippen LogP contribution in [-0.4, -0.2) is 35.6 Å². The Morgan fingerprint density at radius 2 is 1.53 bits per heavy atom. The molecule has 1 amide bonds. The number of carbonyl (C=O) groups excluding carboxylic acids is 2. The molecule has 1 heterocycles. The Hall–Kier alpha value is -3.80. The lowest BCUT2D eigenvalue weighted by Crippen LogP contribution is -2.28. The van der Waals surface area contributed by atoms with E-state index in [1.165, 1.54) is 29.3 Å². The second-order valence-electron chi connectivity index (χ2n) is 6.83. The highest BCUT2D eigenvalue weighted by molar-refractivity contribution is 6.09. The van der Waals surface area contributed by atoms with Crippen molar-refractivity contribution in [2.45, 2.75) is 6.42 Å². The molecule has 1 aliphatic heterocycles. The molecule has 0 spiro atoms. The van der Waals surface area contributed by atoms with E-state index in [1.807, 2.05) is 30.3 Å². The molecule has 0 N–H and O–H groups in total. The molecule has 0 unspecified atom stereocenters. The number of ether oxygens (including phenoxy) is 1. The average Bonchev–Trinajstić information content (AvgIpc) is 3.29. The molecule has 5 nitrogen and oxygen atoms in total. The van der Waals surface area contributed by atoms with Crippen LogP contribution < -0.4 is 4.74 Å². The smallest absolute Gasteiger partial charge is 0.280 e. The minimum atomic E-state index is -0.391. The van der Waals surface area contributed by atoms with E-state index in [9.17, 15) is 14.0 Å². The van der Waals surface area contributed by atoms with E-state index in [-0.39, 0.29) is 18.3 Å². The summed E-state index contributed by atoms with van der Waals surface area (Å²) in [4.78, 5) is 24.8. The molecule has 0 fully saturated rings. The first-order valence-electron chi connectivity index (χ1n) is 9.56. The minimum absolute atomic E-state index is 0.142. The molecule has 0 saturated carbocycles. The van der Waals surface area contributed by atoms with Gasteiger partial charge in [0.1, 0.15) is 11.6 Å². The summed E-state index contributed by atoms with van der Waals surface area (Å²) in [6.45, 7) is 0.383. The molecule has 30 heavy (non-hydrogen) atoms. The lowest BCUT2D eigenvalue weighted by Gasteiger charge is -2.12. The van der Waals surface area contributed by atoms with Crippen molar-refractivity contribution in [2.24, 2.45) is 5.10 Å². The van der Waals surface area contributed by atoms with Gasteiger partial charge in [0.2, 0.25) is 0 Å². The van der Waals surface area contributed by atoms with Crippen LogP contribution >= 0.6 is 0 Å². The summed E-state index contributed by atoms with van der Waals surface area (Å²) < 4.78 is 18.6. The van der Waals surface area contributed by atoms with E-state index >= 15 is 0 Å². The number of rotatable bonds is 6. The predicted molar refractivity (Wildman–Crippen MR) is 111 cm³/mol. The zero-order valence-corrected chi connectivity index (χ0v) is 16.1. The summed E-state index contributed by atoms with van der Waals surface area (Å²) in [6, 6.07) is 21.7. The summed E-state index contributed by atoms with van der Waals surface area (Å²) in [5.74, 6) is -0.353. The number of amides is 1. The highest BCUT2D eigenvalue weighted by Gasteiger charge is 2.21. The fourth-order valence-corrected chi connectivity index (χ4v) is 3.16. The number of hydrogen-bond acceptors (Lipinski definition) is 4. The van der Waals surface area contributed by atoms with Gasteiger partial charge in [0, 0.05) is 17.5 Å². The SMILES string of the molecule is O=C(c1ccc(F)cc1)c1ccc(OCC(=O)N2CCC(c3ccccc3)=N2)cc1. The van der Waals surface area contributed by atoms with Gasteiger partial charge in [-0.3, -0.25) is 9.59 Å². The highest BCUT2D eigenvalue weighted by atomic mass is 19.1. The number of hydrogen-bond donors (Lipinski definition) is 0. The zero-order chi connectivity index (χ0) is 20.9. The number of ketones is 1. The van der Waals surface area contributed by atoms with Crippen molar-refractivity contribution in [2.75, 3.05) is 13.2 Å². The van der Waals surface area contributed by atoms with Gasteiger partial charge in [0.05, 0.1) is 12.3 Å². The Bertz CT molecular complexity index is 1080. The first-order chi connectivity index (χ1) is 14.6. The van der Waals surface area contributed by atoms with Crippen molar-refractivity contribution in [3.8, 4) is 5.75 Å². The van der Waals surface area contributed by atoms with Crippen LogP contribution in [0.5, 0.6) is 5.75 Å². The Labute approximate surface area is 173 Å². The van der Waals surface area contributed by atoms with Crippen molar-refractivity contribution < 1.29 is 18.7 Å². The second-order valence-corrected chi connectivity index (χ2v) is 6.83. The maximum absolute atomic E-state index is 13.0. The largest absolute Gasteiger partial charge is 0.484 e. The highest BCUT2D eigenvalue weighted by Crippen LogP contribution is 2.17. The number of hydrazone groups is 1. The minimum Gasteiger partial charge on any atom is -0.484 e. The van der Waals surface area contributed by atoms with E-state index in [4.69, 9.17) is 4.74 Å². The van der Waals surface area contributed by atoms with E-state index in [2.05, 4.69) is 5.10 Å². The molecule has 0 saturated heterocycles. The molecular formula is C24H19FN2O3. The van der Waals surface area contributed by atoms with Crippen LogP contribution in [0.3, 0.4) is 0 Å². The number of carbonyl (C=O) groups is 2. The molecule has 0 atom stereocenters. The maximum atomic E-state index is 13.0. The van der Waals surface area contributed by atoms with Crippen molar-refractivity contribution in [3.05, 3.63) is 101 Å². The van der Waals surface area contributed by atoms with Crippen LogP contribution in [0, 0.1) is 5.82 Å². The van der Waals surface area contributed by atoms with Gasteiger partial charge in [0.15, 0.2) is 12.4 Å². The fourth-order valence-electron chi connectivity index (χ4n) is 3.16. The third-order valence-electron chi connectivity index (χ3n) is 4.78. The zero-order valence-electron chi connectivity index (χ0n) is 16.1. The van der Waals surface area contributed by atoms with Crippen molar-refractivity contribution in [3.63, 3.8) is 0 Å². The standard InChI is InChI=1S/C24H19FN2O3/c25-20-10-6-18(7-11-20)24(29)19-8-12-21(13-9-19)30-16-23(28)27-15-14-22(26-27)17-4-2-1-3-5-17/h1-13H,14-16H2. The van der Waals surface area contributed by atoms with E-state index in [0.29, 0.717) is 29.8 Å². The van der Waals surface area contributed by atoms with Gasteiger partial charge in [-0.2, -0.15) is 5.10 Å². The van der Waals surface area contributed by atoms with Gasteiger partial charge in [0.25, 0.3) is 5.91 Å². The first kappa shape index (κ1) is 19.5. The summed E-state index contributed by atoms with van der Waals surface area (Å²) in [5.41, 5.74) is 2.75. The van der Waals surface area contributed by atoms with Gasteiger partial charge in [-0.05, 0) is 54.1 Å². The molecular weight excluding hydrogens is 383 g/mol. The Morgan fingerprint density at radius 3 is 2.20 bits per heavy atom. The van der Waals surface area contributed by atoms with Gasteiger partial charge in [-0.15, -0.1) is 0 Å². The van der Waals surface area contributed by atoms with Gasteiger partial charge in [-0.1, -0.05) is 30.3 Å². The molecule has 150 valence electrons. The van der Waals surface area contributed by atoms with Crippen LogP contribution in [0.4, 0.5) is 4.39 Å². The molecule has 0 aromatic heterocycles. The summed E-state index contributed by atoms with van der Waals surface area (Å²) in [7, 11) is 0. The molecule has 3 aromatic carbocycles. The lowest BCUT2D eigenvalue weighted by atomic mass is 10.0. The third kappa shape index (κ3) is 4.43. The average molecular weight is 402 g/mol. The van der Waals surface area contributed by atoms with Crippen molar-refractivity contribution >= 4 is 17.4 Å². The summed E-state index contributed by atoms with van der Waals surface area (Å²) >= 11 is 0. The molecule has 0 radical (unpaired) electrons.